The fraction of sp³-hybridized carbons (Fsp3) is 0.615. The Hall–Kier alpha value is -1.14. The van der Waals surface area contributed by atoms with Crippen LogP contribution in [0.15, 0.2) is 23.2 Å². The van der Waals surface area contributed by atoms with Gasteiger partial charge in [0, 0.05) is 18.8 Å². The first-order valence-electron chi connectivity index (χ1n) is 6.76. The van der Waals surface area contributed by atoms with Gasteiger partial charge in [0.05, 0.1) is 0 Å². The van der Waals surface area contributed by atoms with Crippen molar-refractivity contribution < 1.29 is 8.42 Å². The summed E-state index contributed by atoms with van der Waals surface area (Å²) in [6.45, 7) is 4.65. The fourth-order valence-corrected chi connectivity index (χ4v) is 3.43. The number of hydrogen-bond acceptors (Lipinski definition) is 4. The van der Waals surface area contributed by atoms with Gasteiger partial charge in [-0.2, -0.15) is 0 Å². The minimum atomic E-state index is -3.50. The van der Waals surface area contributed by atoms with Crippen molar-refractivity contribution in [2.75, 3.05) is 11.9 Å². The van der Waals surface area contributed by atoms with Gasteiger partial charge in [-0.1, -0.05) is 6.92 Å². The predicted molar refractivity (Wildman–Crippen MR) is 75.5 cm³/mol. The molecule has 1 saturated carbocycles. The highest BCUT2D eigenvalue weighted by atomic mass is 32.2. The molecule has 0 amide bonds. The first-order chi connectivity index (χ1) is 9.04. The number of hydrogen-bond donors (Lipinski definition) is 2. The van der Waals surface area contributed by atoms with E-state index < -0.39 is 10.0 Å². The Labute approximate surface area is 114 Å². The highest BCUT2D eigenvalue weighted by Crippen LogP contribution is 2.33. The second kappa shape index (κ2) is 5.88. The quantitative estimate of drug-likeness (QED) is 0.802. The molecule has 1 aromatic heterocycles. The van der Waals surface area contributed by atoms with Gasteiger partial charge in [0.25, 0.3) is 0 Å². The molecular weight excluding hydrogens is 262 g/mol. The van der Waals surface area contributed by atoms with Gasteiger partial charge < -0.3 is 5.32 Å². The smallest absolute Gasteiger partial charge is 0.244 e. The maximum atomic E-state index is 12.4. The SMILES string of the molecule is CCCNc1ncccc1S(=O)(=O)NC(C)C1CC1. The van der Waals surface area contributed by atoms with Gasteiger partial charge in [-0.25, -0.2) is 18.1 Å². The van der Waals surface area contributed by atoms with Crippen molar-refractivity contribution in [1.82, 2.24) is 9.71 Å². The first-order valence-corrected chi connectivity index (χ1v) is 8.24. The number of pyridine rings is 1. The van der Waals surface area contributed by atoms with Crippen LogP contribution in [0.3, 0.4) is 0 Å². The fourth-order valence-electron chi connectivity index (χ4n) is 1.98. The third kappa shape index (κ3) is 3.67. The van der Waals surface area contributed by atoms with Crippen LogP contribution in [0.5, 0.6) is 0 Å². The van der Waals surface area contributed by atoms with Crippen molar-refractivity contribution in [3.8, 4) is 0 Å². The summed E-state index contributed by atoms with van der Waals surface area (Å²) in [6, 6.07) is 3.23. The molecule has 1 aliphatic rings. The monoisotopic (exact) mass is 283 g/mol. The van der Waals surface area contributed by atoms with Gasteiger partial charge in [-0.05, 0) is 44.2 Å². The lowest BCUT2D eigenvalue weighted by Crippen LogP contribution is -2.34. The zero-order valence-electron chi connectivity index (χ0n) is 11.4. The molecule has 0 aliphatic heterocycles. The van der Waals surface area contributed by atoms with Crippen molar-refractivity contribution >= 4 is 15.8 Å². The molecule has 106 valence electrons. The summed E-state index contributed by atoms with van der Waals surface area (Å²) < 4.78 is 27.5. The molecule has 19 heavy (non-hydrogen) atoms. The van der Waals surface area contributed by atoms with E-state index in [9.17, 15) is 8.42 Å². The average molecular weight is 283 g/mol. The van der Waals surface area contributed by atoms with Crippen LogP contribution in [0, 0.1) is 5.92 Å². The van der Waals surface area contributed by atoms with Gasteiger partial charge in [-0.3, -0.25) is 0 Å². The highest BCUT2D eigenvalue weighted by Gasteiger charge is 2.32. The van der Waals surface area contributed by atoms with E-state index in [1.165, 1.54) is 0 Å². The lowest BCUT2D eigenvalue weighted by molar-refractivity contribution is 0.538. The maximum Gasteiger partial charge on any atom is 0.244 e. The van der Waals surface area contributed by atoms with Crippen LogP contribution >= 0.6 is 0 Å². The number of sulfonamides is 1. The molecule has 1 aliphatic carbocycles. The Morgan fingerprint density at radius 3 is 2.84 bits per heavy atom. The number of nitrogens with one attached hydrogen (secondary N) is 2. The Morgan fingerprint density at radius 2 is 2.21 bits per heavy atom. The normalized spacial score (nSPS) is 17.2. The minimum Gasteiger partial charge on any atom is -0.369 e. The number of rotatable bonds is 7. The van der Waals surface area contributed by atoms with Crippen molar-refractivity contribution in [2.45, 2.75) is 44.0 Å². The number of aromatic nitrogens is 1. The molecule has 0 aromatic carbocycles. The first kappa shape index (κ1) is 14.3. The predicted octanol–water partition coefficient (Wildman–Crippen LogP) is 1.98. The summed E-state index contributed by atoms with van der Waals surface area (Å²) in [5, 5.41) is 3.06. The number of nitrogens with zero attached hydrogens (tertiary/aromatic N) is 1. The molecule has 0 radical (unpaired) electrons. The van der Waals surface area contributed by atoms with Crippen molar-refractivity contribution in [3.63, 3.8) is 0 Å². The molecular formula is C13H21N3O2S. The minimum absolute atomic E-state index is 0.00997. The van der Waals surface area contributed by atoms with Crippen LogP contribution in [0.1, 0.15) is 33.1 Å². The second-order valence-corrected chi connectivity index (χ2v) is 6.71. The van der Waals surface area contributed by atoms with Crippen molar-refractivity contribution in [1.29, 1.82) is 0 Å². The molecule has 1 atom stereocenters. The van der Waals surface area contributed by atoms with Crippen LogP contribution in [0.2, 0.25) is 0 Å². The molecule has 1 aromatic rings. The topological polar surface area (TPSA) is 71.1 Å². The molecule has 5 nitrogen and oxygen atoms in total. The van der Waals surface area contributed by atoms with E-state index >= 15 is 0 Å². The Morgan fingerprint density at radius 1 is 1.47 bits per heavy atom. The van der Waals surface area contributed by atoms with Gasteiger partial charge in [0.2, 0.25) is 10.0 Å². The standard InChI is InChI=1S/C13H21N3O2S/c1-3-8-14-13-12(5-4-9-15-13)19(17,18)16-10(2)11-6-7-11/h4-5,9-11,16H,3,6-8H2,1-2H3,(H,14,15). The summed E-state index contributed by atoms with van der Waals surface area (Å²) in [7, 11) is -3.50. The van der Waals surface area contributed by atoms with Gasteiger partial charge in [0.15, 0.2) is 0 Å². The molecule has 0 bridgehead atoms. The second-order valence-electron chi connectivity index (χ2n) is 5.02. The molecule has 0 saturated heterocycles. The Bertz CT molecular complexity index is 526. The Balaban J connectivity index is 2.18. The summed E-state index contributed by atoms with van der Waals surface area (Å²) in [5.41, 5.74) is 0. The summed E-state index contributed by atoms with van der Waals surface area (Å²) >= 11 is 0. The summed E-state index contributed by atoms with van der Waals surface area (Å²) in [4.78, 5) is 4.35. The van der Waals surface area contributed by atoms with Crippen LogP contribution in [-0.4, -0.2) is 26.0 Å². The van der Waals surface area contributed by atoms with E-state index in [-0.39, 0.29) is 10.9 Å². The average Bonchev–Trinajstić information content (AvgIpc) is 3.20. The van der Waals surface area contributed by atoms with Crippen LogP contribution in [-0.2, 0) is 10.0 Å². The maximum absolute atomic E-state index is 12.4. The van der Waals surface area contributed by atoms with Crippen LogP contribution in [0.4, 0.5) is 5.82 Å². The molecule has 2 N–H and O–H groups in total. The Kier molecular flexibility index (Phi) is 4.42. The van der Waals surface area contributed by atoms with Gasteiger partial charge in [0.1, 0.15) is 10.7 Å². The summed E-state index contributed by atoms with van der Waals surface area (Å²) in [6.07, 6.45) is 4.73. The lowest BCUT2D eigenvalue weighted by atomic mass is 10.2. The molecule has 1 heterocycles. The molecule has 0 spiro atoms. The van der Waals surface area contributed by atoms with E-state index in [2.05, 4.69) is 15.0 Å². The van der Waals surface area contributed by atoms with E-state index in [0.29, 0.717) is 18.3 Å². The third-order valence-electron chi connectivity index (χ3n) is 3.27. The molecule has 1 unspecified atom stereocenters. The molecule has 6 heteroatoms. The zero-order chi connectivity index (χ0) is 13.9. The number of anilines is 1. The third-order valence-corrected chi connectivity index (χ3v) is 4.86. The largest absolute Gasteiger partial charge is 0.369 e. The highest BCUT2D eigenvalue weighted by molar-refractivity contribution is 7.89. The van der Waals surface area contributed by atoms with Crippen molar-refractivity contribution in [3.05, 3.63) is 18.3 Å². The van der Waals surface area contributed by atoms with E-state index in [4.69, 9.17) is 0 Å². The molecule has 2 rings (SSSR count). The lowest BCUT2D eigenvalue weighted by Gasteiger charge is -2.15. The van der Waals surface area contributed by atoms with Crippen molar-refractivity contribution in [2.24, 2.45) is 5.92 Å². The van der Waals surface area contributed by atoms with Gasteiger partial charge in [-0.15, -0.1) is 0 Å². The zero-order valence-corrected chi connectivity index (χ0v) is 12.2. The van der Waals surface area contributed by atoms with Crippen LogP contribution in [0.25, 0.3) is 0 Å². The van der Waals surface area contributed by atoms with E-state index in [0.717, 1.165) is 19.3 Å². The summed E-state index contributed by atoms with van der Waals surface area (Å²) in [5.74, 6) is 0.915. The van der Waals surface area contributed by atoms with Gasteiger partial charge >= 0.3 is 0 Å². The van der Waals surface area contributed by atoms with E-state index in [1.807, 2.05) is 13.8 Å². The van der Waals surface area contributed by atoms with Crippen LogP contribution < -0.4 is 10.0 Å². The molecule has 1 fully saturated rings. The van der Waals surface area contributed by atoms with E-state index in [1.54, 1.807) is 18.3 Å².